The van der Waals surface area contributed by atoms with Gasteiger partial charge >= 0.3 is 0 Å². The number of hydrogen-bond acceptors (Lipinski definition) is 3. The number of hydrogen-bond donors (Lipinski definition) is 1. The van der Waals surface area contributed by atoms with E-state index in [0.29, 0.717) is 11.0 Å². The van der Waals surface area contributed by atoms with Gasteiger partial charge in [0, 0.05) is 17.3 Å². The van der Waals surface area contributed by atoms with Gasteiger partial charge in [0.05, 0.1) is 21.1 Å². The SMILES string of the molecule is O=C(Nc1ccc2c(ccn2C(=O)c2ccc(Cl)c(F)c2)n1)c1ccc(Cl)c(F)c1. The Kier molecular flexibility index (Phi) is 5.24. The number of carbonyl (C=O) groups is 2. The molecule has 5 nitrogen and oxygen atoms in total. The van der Waals surface area contributed by atoms with Crippen LogP contribution in [-0.2, 0) is 0 Å². The molecule has 0 aliphatic heterocycles. The number of nitrogens with zero attached hydrogens (tertiary/aromatic N) is 2. The molecule has 4 aromatic rings. The molecule has 0 saturated heterocycles. The average Bonchev–Trinajstić information content (AvgIpc) is 3.14. The minimum atomic E-state index is -0.707. The lowest BCUT2D eigenvalue weighted by atomic mass is 10.2. The van der Waals surface area contributed by atoms with Crippen molar-refractivity contribution in [3.05, 3.63) is 93.6 Å². The van der Waals surface area contributed by atoms with Crippen LogP contribution in [0.15, 0.2) is 60.8 Å². The Bertz CT molecular complexity index is 1320. The normalized spacial score (nSPS) is 10.9. The number of nitrogens with one attached hydrogen (secondary N) is 1. The summed E-state index contributed by atoms with van der Waals surface area (Å²) in [7, 11) is 0. The van der Waals surface area contributed by atoms with Crippen molar-refractivity contribution in [1.82, 2.24) is 9.55 Å². The van der Waals surface area contributed by atoms with Gasteiger partial charge < -0.3 is 5.32 Å². The molecule has 4 rings (SSSR count). The maximum Gasteiger partial charge on any atom is 0.262 e. The smallest absolute Gasteiger partial charge is 0.262 e. The molecule has 2 aromatic heterocycles. The van der Waals surface area contributed by atoms with Gasteiger partial charge in [0.2, 0.25) is 0 Å². The van der Waals surface area contributed by atoms with Crippen LogP contribution in [0.2, 0.25) is 10.0 Å². The summed E-state index contributed by atoms with van der Waals surface area (Å²) in [6.07, 6.45) is 1.49. The van der Waals surface area contributed by atoms with Gasteiger partial charge in [-0.25, -0.2) is 13.8 Å². The van der Waals surface area contributed by atoms with Crippen LogP contribution in [-0.4, -0.2) is 21.4 Å². The molecule has 0 aliphatic carbocycles. The van der Waals surface area contributed by atoms with Gasteiger partial charge in [-0.15, -0.1) is 0 Å². The van der Waals surface area contributed by atoms with Crippen molar-refractivity contribution < 1.29 is 18.4 Å². The van der Waals surface area contributed by atoms with Gasteiger partial charge in [-0.2, -0.15) is 0 Å². The zero-order valence-corrected chi connectivity index (χ0v) is 16.5. The van der Waals surface area contributed by atoms with E-state index in [-0.39, 0.29) is 27.0 Å². The van der Waals surface area contributed by atoms with Crippen molar-refractivity contribution in [3.8, 4) is 0 Å². The Balaban J connectivity index is 1.60. The highest BCUT2D eigenvalue weighted by Gasteiger charge is 2.15. The topological polar surface area (TPSA) is 64.0 Å². The number of rotatable bonds is 3. The molecule has 2 heterocycles. The van der Waals surface area contributed by atoms with Gasteiger partial charge in [0.25, 0.3) is 11.8 Å². The molecule has 0 spiro atoms. The largest absolute Gasteiger partial charge is 0.307 e. The Morgan fingerprint density at radius 2 is 1.50 bits per heavy atom. The fraction of sp³-hybridized carbons (Fsp3) is 0. The van der Waals surface area contributed by atoms with Crippen LogP contribution in [0.4, 0.5) is 14.6 Å². The molecule has 0 radical (unpaired) electrons. The van der Waals surface area contributed by atoms with Crippen LogP contribution in [0, 0.1) is 11.6 Å². The van der Waals surface area contributed by atoms with Crippen molar-refractivity contribution in [2.24, 2.45) is 0 Å². The van der Waals surface area contributed by atoms with Crippen LogP contribution < -0.4 is 5.32 Å². The van der Waals surface area contributed by atoms with Gasteiger partial charge in [-0.3, -0.25) is 14.2 Å². The number of pyridine rings is 1. The summed E-state index contributed by atoms with van der Waals surface area (Å²) in [6, 6.07) is 12.2. The molecule has 0 bridgehead atoms. The summed E-state index contributed by atoms with van der Waals surface area (Å²) < 4.78 is 28.5. The zero-order valence-electron chi connectivity index (χ0n) is 15.0. The molecule has 0 saturated carbocycles. The van der Waals surface area contributed by atoms with Crippen molar-refractivity contribution in [3.63, 3.8) is 0 Å². The summed E-state index contributed by atoms with van der Waals surface area (Å²) in [5.74, 6) is -2.21. The van der Waals surface area contributed by atoms with Crippen molar-refractivity contribution in [2.45, 2.75) is 0 Å². The maximum absolute atomic E-state index is 13.7. The number of fused-ring (bicyclic) bond motifs is 1. The minimum Gasteiger partial charge on any atom is -0.307 e. The summed E-state index contributed by atoms with van der Waals surface area (Å²) in [5.41, 5.74) is 1.09. The fourth-order valence-corrected chi connectivity index (χ4v) is 3.10. The number of anilines is 1. The summed E-state index contributed by atoms with van der Waals surface area (Å²) in [5, 5.41) is 2.40. The third kappa shape index (κ3) is 3.77. The van der Waals surface area contributed by atoms with E-state index >= 15 is 0 Å². The number of benzene rings is 2. The summed E-state index contributed by atoms with van der Waals surface area (Å²) in [6.45, 7) is 0. The van der Waals surface area contributed by atoms with E-state index in [1.807, 2.05) is 0 Å². The standard InChI is InChI=1S/C21H11Cl2F2N3O2/c22-13-3-1-11(9-15(13)24)20(29)27-19-6-5-18-17(26-19)7-8-28(18)21(30)12-2-4-14(23)16(25)10-12/h1-10H,(H,26,27,29). The molecule has 2 aromatic carbocycles. The highest BCUT2D eigenvalue weighted by atomic mass is 35.5. The second kappa shape index (κ2) is 7.85. The zero-order chi connectivity index (χ0) is 21.4. The first kappa shape index (κ1) is 20.0. The first-order chi connectivity index (χ1) is 14.3. The molecular weight excluding hydrogens is 435 g/mol. The van der Waals surface area contributed by atoms with Crippen LogP contribution in [0.1, 0.15) is 20.7 Å². The summed E-state index contributed by atoms with van der Waals surface area (Å²) in [4.78, 5) is 29.3. The van der Waals surface area contributed by atoms with Crippen LogP contribution >= 0.6 is 23.2 Å². The molecule has 30 heavy (non-hydrogen) atoms. The Labute approximate surface area is 178 Å². The predicted octanol–water partition coefficient (Wildman–Crippen LogP) is 5.56. The molecule has 0 aliphatic rings. The van der Waals surface area contributed by atoms with Gasteiger partial charge in [0.15, 0.2) is 0 Å². The number of amides is 1. The van der Waals surface area contributed by atoms with Crippen LogP contribution in [0.25, 0.3) is 11.0 Å². The van der Waals surface area contributed by atoms with Crippen molar-refractivity contribution in [1.29, 1.82) is 0 Å². The molecule has 0 unspecified atom stereocenters. The van der Waals surface area contributed by atoms with Crippen LogP contribution in [0.5, 0.6) is 0 Å². The third-order valence-electron chi connectivity index (χ3n) is 4.35. The Hall–Kier alpha value is -3.29. The van der Waals surface area contributed by atoms with E-state index in [2.05, 4.69) is 10.3 Å². The third-order valence-corrected chi connectivity index (χ3v) is 4.97. The molecule has 9 heteroatoms. The highest BCUT2D eigenvalue weighted by Crippen LogP contribution is 2.21. The number of aromatic nitrogens is 2. The number of carbonyl (C=O) groups excluding carboxylic acids is 2. The summed E-state index contributed by atoms with van der Waals surface area (Å²) >= 11 is 11.3. The quantitative estimate of drug-likeness (QED) is 0.448. The lowest BCUT2D eigenvalue weighted by Crippen LogP contribution is -2.13. The lowest BCUT2D eigenvalue weighted by molar-refractivity contribution is 0.0963. The van der Waals surface area contributed by atoms with E-state index in [1.165, 1.54) is 41.1 Å². The molecule has 1 amide bonds. The Morgan fingerprint density at radius 3 is 2.17 bits per heavy atom. The minimum absolute atomic E-state index is 0.0773. The lowest BCUT2D eigenvalue weighted by Gasteiger charge is -2.07. The van der Waals surface area contributed by atoms with Gasteiger partial charge in [-0.1, -0.05) is 23.2 Å². The second-order valence-electron chi connectivity index (χ2n) is 6.30. The first-order valence-electron chi connectivity index (χ1n) is 8.58. The molecule has 0 atom stereocenters. The monoisotopic (exact) mass is 445 g/mol. The van der Waals surface area contributed by atoms with Crippen molar-refractivity contribution >= 4 is 51.9 Å². The van der Waals surface area contributed by atoms with Gasteiger partial charge in [0.1, 0.15) is 17.5 Å². The van der Waals surface area contributed by atoms with Crippen LogP contribution in [0.3, 0.4) is 0 Å². The molecule has 0 fully saturated rings. The number of halogens is 4. The van der Waals surface area contributed by atoms with Crippen molar-refractivity contribution in [2.75, 3.05) is 5.32 Å². The Morgan fingerprint density at radius 1 is 0.867 bits per heavy atom. The molecular formula is C21H11Cl2F2N3O2. The first-order valence-corrected chi connectivity index (χ1v) is 9.33. The van der Waals surface area contributed by atoms with Gasteiger partial charge in [-0.05, 0) is 54.6 Å². The fourth-order valence-electron chi connectivity index (χ4n) is 2.86. The van der Waals surface area contributed by atoms with E-state index in [1.54, 1.807) is 12.1 Å². The highest BCUT2D eigenvalue weighted by molar-refractivity contribution is 6.31. The maximum atomic E-state index is 13.7. The predicted molar refractivity (Wildman–Crippen MR) is 110 cm³/mol. The average molecular weight is 446 g/mol. The van der Waals surface area contributed by atoms with E-state index in [9.17, 15) is 18.4 Å². The van der Waals surface area contributed by atoms with E-state index < -0.39 is 23.4 Å². The molecule has 150 valence electrons. The van der Waals surface area contributed by atoms with E-state index in [4.69, 9.17) is 23.2 Å². The van der Waals surface area contributed by atoms with E-state index in [0.717, 1.165) is 12.1 Å². The second-order valence-corrected chi connectivity index (χ2v) is 7.12. The molecule has 1 N–H and O–H groups in total.